The molecular weight excluding hydrogens is 249 g/mol. The van der Waals surface area contributed by atoms with Crippen molar-refractivity contribution in [3.8, 4) is 5.75 Å². The minimum atomic E-state index is -0.571. The molecule has 0 radical (unpaired) electrons. The fourth-order valence-electron chi connectivity index (χ4n) is 2.19. The first kappa shape index (κ1) is 13.8. The number of nitrogens with zero attached hydrogens (tertiary/aromatic N) is 1. The number of nitrogens with one attached hydrogen (secondary N) is 1. The lowest BCUT2D eigenvalue weighted by atomic mass is 10.1. The largest absolute Gasteiger partial charge is 0.497 e. The molecule has 2 rings (SSSR count). The highest BCUT2D eigenvalue weighted by Crippen LogP contribution is 2.19. The number of benzene rings is 1. The van der Waals surface area contributed by atoms with Crippen LogP contribution in [-0.2, 0) is 0 Å². The van der Waals surface area contributed by atoms with E-state index in [1.54, 1.807) is 11.0 Å². The summed E-state index contributed by atoms with van der Waals surface area (Å²) in [5.41, 5.74) is 5.70. The number of piperazine rings is 1. The molecule has 1 atom stereocenters. The molecule has 0 aliphatic carbocycles. The second-order valence-corrected chi connectivity index (χ2v) is 4.44. The SMILES string of the molecule is COc1ccc(C(=O)N2CCNCC2CN)c(F)c1. The zero-order chi connectivity index (χ0) is 13.8. The molecule has 104 valence electrons. The van der Waals surface area contributed by atoms with Gasteiger partial charge in [0.25, 0.3) is 5.91 Å². The first-order chi connectivity index (χ1) is 9.17. The van der Waals surface area contributed by atoms with Crippen molar-refractivity contribution in [1.82, 2.24) is 10.2 Å². The van der Waals surface area contributed by atoms with Crippen molar-refractivity contribution in [3.63, 3.8) is 0 Å². The summed E-state index contributed by atoms with van der Waals surface area (Å²) in [7, 11) is 1.46. The van der Waals surface area contributed by atoms with Crippen LogP contribution in [0.15, 0.2) is 18.2 Å². The van der Waals surface area contributed by atoms with Gasteiger partial charge in [-0.1, -0.05) is 0 Å². The second kappa shape index (κ2) is 5.99. The van der Waals surface area contributed by atoms with E-state index < -0.39 is 5.82 Å². The summed E-state index contributed by atoms with van der Waals surface area (Å²) in [5.74, 6) is -0.500. The summed E-state index contributed by atoms with van der Waals surface area (Å²) in [4.78, 5) is 14.0. The number of hydrogen-bond donors (Lipinski definition) is 2. The quantitative estimate of drug-likeness (QED) is 0.821. The molecule has 19 heavy (non-hydrogen) atoms. The number of carbonyl (C=O) groups is 1. The van der Waals surface area contributed by atoms with E-state index >= 15 is 0 Å². The number of halogens is 1. The summed E-state index contributed by atoms with van der Waals surface area (Å²) < 4.78 is 18.8. The van der Waals surface area contributed by atoms with Crippen LogP contribution in [-0.4, -0.2) is 50.1 Å². The molecule has 1 heterocycles. The van der Waals surface area contributed by atoms with E-state index in [9.17, 15) is 9.18 Å². The molecule has 6 heteroatoms. The molecular formula is C13H18FN3O2. The Bertz CT molecular complexity index is 467. The van der Waals surface area contributed by atoms with Gasteiger partial charge in [0.05, 0.1) is 18.7 Å². The monoisotopic (exact) mass is 267 g/mol. The van der Waals surface area contributed by atoms with Crippen LogP contribution in [0, 0.1) is 5.82 Å². The number of rotatable bonds is 3. The van der Waals surface area contributed by atoms with Gasteiger partial charge in [-0.05, 0) is 12.1 Å². The van der Waals surface area contributed by atoms with Crippen molar-refractivity contribution in [3.05, 3.63) is 29.6 Å². The summed E-state index contributed by atoms with van der Waals surface area (Å²) in [6, 6.07) is 4.15. The Morgan fingerprint density at radius 3 is 3.05 bits per heavy atom. The second-order valence-electron chi connectivity index (χ2n) is 4.44. The Kier molecular flexibility index (Phi) is 4.34. The van der Waals surface area contributed by atoms with E-state index in [1.807, 2.05) is 0 Å². The molecule has 0 saturated carbocycles. The lowest BCUT2D eigenvalue weighted by Gasteiger charge is -2.35. The van der Waals surface area contributed by atoms with Crippen molar-refractivity contribution < 1.29 is 13.9 Å². The lowest BCUT2D eigenvalue weighted by molar-refractivity contribution is 0.0640. The standard InChI is InChI=1S/C13H18FN3O2/c1-19-10-2-3-11(12(14)6-10)13(18)17-5-4-16-8-9(17)7-15/h2-3,6,9,16H,4-5,7-8,15H2,1H3. The molecule has 0 aromatic heterocycles. The van der Waals surface area contributed by atoms with Gasteiger partial charge in [-0.15, -0.1) is 0 Å². The Labute approximate surface area is 111 Å². The molecule has 5 nitrogen and oxygen atoms in total. The van der Waals surface area contributed by atoms with E-state index in [4.69, 9.17) is 10.5 Å². The minimum Gasteiger partial charge on any atom is -0.497 e. The van der Waals surface area contributed by atoms with Gasteiger partial charge >= 0.3 is 0 Å². The highest BCUT2D eigenvalue weighted by Gasteiger charge is 2.27. The number of nitrogens with two attached hydrogens (primary N) is 1. The molecule has 1 amide bonds. The third kappa shape index (κ3) is 2.85. The Hall–Kier alpha value is -1.66. The van der Waals surface area contributed by atoms with Crippen molar-refractivity contribution in [2.75, 3.05) is 33.3 Å². The summed E-state index contributed by atoms with van der Waals surface area (Å²) in [6.45, 7) is 2.22. The first-order valence-corrected chi connectivity index (χ1v) is 6.22. The molecule has 1 aliphatic heterocycles. The van der Waals surface area contributed by atoms with Gasteiger partial charge in [-0.25, -0.2) is 4.39 Å². The minimum absolute atomic E-state index is 0.0566. The Morgan fingerprint density at radius 2 is 2.42 bits per heavy atom. The van der Waals surface area contributed by atoms with Gasteiger partial charge in [-0.2, -0.15) is 0 Å². The van der Waals surface area contributed by atoms with Gasteiger partial charge in [0.2, 0.25) is 0 Å². The van der Waals surface area contributed by atoms with Gasteiger partial charge < -0.3 is 20.7 Å². The number of hydrogen-bond acceptors (Lipinski definition) is 4. The van der Waals surface area contributed by atoms with Crippen molar-refractivity contribution in [2.45, 2.75) is 6.04 Å². The average Bonchev–Trinajstić information content (AvgIpc) is 2.46. The van der Waals surface area contributed by atoms with Crippen molar-refractivity contribution >= 4 is 5.91 Å². The Balaban J connectivity index is 2.23. The number of carbonyl (C=O) groups excluding carboxylic acids is 1. The molecule has 1 fully saturated rings. The fourth-order valence-corrected chi connectivity index (χ4v) is 2.19. The predicted molar refractivity (Wildman–Crippen MR) is 69.7 cm³/mol. The van der Waals surface area contributed by atoms with E-state index in [2.05, 4.69) is 5.32 Å². The van der Waals surface area contributed by atoms with Crippen LogP contribution in [0.5, 0.6) is 5.75 Å². The normalized spacial score (nSPS) is 19.3. The van der Waals surface area contributed by atoms with Crippen LogP contribution in [0.3, 0.4) is 0 Å². The molecule has 1 saturated heterocycles. The van der Waals surface area contributed by atoms with Gasteiger partial charge in [-0.3, -0.25) is 4.79 Å². The maximum atomic E-state index is 13.9. The fraction of sp³-hybridized carbons (Fsp3) is 0.462. The number of methoxy groups -OCH3 is 1. The maximum Gasteiger partial charge on any atom is 0.257 e. The van der Waals surface area contributed by atoms with E-state index in [-0.39, 0.29) is 17.5 Å². The van der Waals surface area contributed by atoms with Crippen LogP contribution < -0.4 is 15.8 Å². The molecule has 1 aromatic carbocycles. The maximum absolute atomic E-state index is 13.9. The van der Waals surface area contributed by atoms with Crippen LogP contribution >= 0.6 is 0 Å². The van der Waals surface area contributed by atoms with Gasteiger partial charge in [0.1, 0.15) is 11.6 Å². The van der Waals surface area contributed by atoms with E-state index in [0.717, 1.165) is 0 Å². The van der Waals surface area contributed by atoms with Crippen LogP contribution in [0.1, 0.15) is 10.4 Å². The van der Waals surface area contributed by atoms with Crippen molar-refractivity contribution in [2.24, 2.45) is 5.73 Å². The highest BCUT2D eigenvalue weighted by atomic mass is 19.1. The van der Waals surface area contributed by atoms with Gasteiger partial charge in [0, 0.05) is 32.2 Å². The first-order valence-electron chi connectivity index (χ1n) is 6.22. The van der Waals surface area contributed by atoms with E-state index in [1.165, 1.54) is 19.2 Å². The van der Waals surface area contributed by atoms with Crippen LogP contribution in [0.2, 0.25) is 0 Å². The number of amides is 1. The molecule has 0 spiro atoms. The molecule has 1 unspecified atom stereocenters. The lowest BCUT2D eigenvalue weighted by Crippen LogP contribution is -2.56. The van der Waals surface area contributed by atoms with E-state index in [0.29, 0.717) is 31.9 Å². The Morgan fingerprint density at radius 1 is 1.63 bits per heavy atom. The third-order valence-corrected chi connectivity index (χ3v) is 3.29. The molecule has 1 aromatic rings. The van der Waals surface area contributed by atoms with Crippen molar-refractivity contribution in [1.29, 1.82) is 0 Å². The number of ether oxygens (including phenoxy) is 1. The zero-order valence-corrected chi connectivity index (χ0v) is 10.9. The summed E-state index contributed by atoms with van der Waals surface area (Å²) in [5, 5.41) is 3.17. The topological polar surface area (TPSA) is 67.6 Å². The molecule has 3 N–H and O–H groups in total. The average molecular weight is 267 g/mol. The molecule has 1 aliphatic rings. The molecule has 0 bridgehead atoms. The zero-order valence-electron chi connectivity index (χ0n) is 10.9. The summed E-state index contributed by atoms with van der Waals surface area (Å²) >= 11 is 0. The predicted octanol–water partition coefficient (Wildman–Crippen LogP) is 0.207. The van der Waals surface area contributed by atoms with Crippen LogP contribution in [0.4, 0.5) is 4.39 Å². The van der Waals surface area contributed by atoms with Crippen LogP contribution in [0.25, 0.3) is 0 Å². The smallest absolute Gasteiger partial charge is 0.257 e. The highest BCUT2D eigenvalue weighted by molar-refractivity contribution is 5.95. The third-order valence-electron chi connectivity index (χ3n) is 3.29. The van der Waals surface area contributed by atoms with Gasteiger partial charge in [0.15, 0.2) is 0 Å². The summed E-state index contributed by atoms with van der Waals surface area (Å²) in [6.07, 6.45) is 0.